The molecule has 0 radical (unpaired) electrons. The van der Waals surface area contributed by atoms with E-state index in [2.05, 4.69) is 10.1 Å². The van der Waals surface area contributed by atoms with Gasteiger partial charge < -0.3 is 15.4 Å². The van der Waals surface area contributed by atoms with Crippen LogP contribution in [0, 0.1) is 5.82 Å². The first-order valence-electron chi connectivity index (χ1n) is 6.20. The van der Waals surface area contributed by atoms with Crippen molar-refractivity contribution in [2.24, 2.45) is 0 Å². The van der Waals surface area contributed by atoms with Crippen molar-refractivity contribution in [1.29, 1.82) is 0 Å². The van der Waals surface area contributed by atoms with Gasteiger partial charge in [-0.15, -0.1) is 0 Å². The standard InChI is InChI=1S/C13H12F4N2O4/c14-9-3-1-8(2-4-9)12(22)18-5-11(21)23-6-10(20)19-7-13(15,16)17/h1-4H,5-7H2,(H,18,22)(H,19,20). The van der Waals surface area contributed by atoms with E-state index in [1.165, 1.54) is 17.4 Å². The summed E-state index contributed by atoms with van der Waals surface area (Å²) in [4.78, 5) is 33.8. The Balaban J connectivity index is 2.27. The lowest BCUT2D eigenvalue weighted by Gasteiger charge is -2.09. The Morgan fingerprint density at radius 1 is 1.04 bits per heavy atom. The minimum Gasteiger partial charge on any atom is -0.454 e. The van der Waals surface area contributed by atoms with Crippen LogP contribution in [0.5, 0.6) is 0 Å². The van der Waals surface area contributed by atoms with Gasteiger partial charge >= 0.3 is 12.1 Å². The Hall–Kier alpha value is -2.65. The average molecular weight is 336 g/mol. The minimum absolute atomic E-state index is 0.0992. The normalized spacial score (nSPS) is 10.8. The molecule has 0 spiro atoms. The molecule has 23 heavy (non-hydrogen) atoms. The van der Waals surface area contributed by atoms with Crippen LogP contribution in [0.3, 0.4) is 0 Å². The number of benzene rings is 1. The molecule has 6 nitrogen and oxygen atoms in total. The number of rotatable bonds is 6. The molecule has 0 aliphatic heterocycles. The van der Waals surface area contributed by atoms with Gasteiger partial charge in [0.25, 0.3) is 11.8 Å². The number of hydrogen-bond acceptors (Lipinski definition) is 4. The van der Waals surface area contributed by atoms with Gasteiger partial charge in [0.15, 0.2) is 6.61 Å². The third-order valence-electron chi connectivity index (χ3n) is 2.35. The minimum atomic E-state index is -4.57. The summed E-state index contributed by atoms with van der Waals surface area (Å²) in [6, 6.07) is 4.50. The van der Waals surface area contributed by atoms with E-state index in [0.717, 1.165) is 12.1 Å². The second kappa shape index (κ2) is 8.11. The van der Waals surface area contributed by atoms with Crippen LogP contribution in [0.1, 0.15) is 10.4 Å². The summed E-state index contributed by atoms with van der Waals surface area (Å²) in [6.07, 6.45) is -4.57. The molecule has 0 aromatic heterocycles. The van der Waals surface area contributed by atoms with Gasteiger partial charge in [-0.25, -0.2) is 4.39 Å². The maximum Gasteiger partial charge on any atom is 0.405 e. The summed E-state index contributed by atoms with van der Waals surface area (Å²) < 4.78 is 52.5. The van der Waals surface area contributed by atoms with E-state index in [9.17, 15) is 31.9 Å². The number of amides is 2. The molecule has 126 valence electrons. The summed E-state index contributed by atoms with van der Waals surface area (Å²) in [5.41, 5.74) is 0.0992. The van der Waals surface area contributed by atoms with Crippen LogP contribution in [0.25, 0.3) is 0 Å². The zero-order valence-electron chi connectivity index (χ0n) is 11.6. The third-order valence-corrected chi connectivity index (χ3v) is 2.35. The highest BCUT2D eigenvalue weighted by atomic mass is 19.4. The summed E-state index contributed by atoms with van der Waals surface area (Å²) in [7, 11) is 0. The van der Waals surface area contributed by atoms with E-state index in [4.69, 9.17) is 0 Å². The highest BCUT2D eigenvalue weighted by Crippen LogP contribution is 2.11. The van der Waals surface area contributed by atoms with Gasteiger partial charge in [0, 0.05) is 5.56 Å². The molecular formula is C13H12F4N2O4. The zero-order valence-corrected chi connectivity index (χ0v) is 11.6. The number of carbonyl (C=O) groups excluding carboxylic acids is 3. The molecule has 2 amide bonds. The smallest absolute Gasteiger partial charge is 0.405 e. The number of esters is 1. The summed E-state index contributed by atoms with van der Waals surface area (Å²) >= 11 is 0. The molecule has 0 heterocycles. The van der Waals surface area contributed by atoms with Gasteiger partial charge in [-0.1, -0.05) is 0 Å². The van der Waals surface area contributed by atoms with Crippen LogP contribution >= 0.6 is 0 Å². The Kier molecular flexibility index (Phi) is 6.49. The van der Waals surface area contributed by atoms with Crippen LogP contribution < -0.4 is 10.6 Å². The van der Waals surface area contributed by atoms with E-state index in [-0.39, 0.29) is 5.56 Å². The van der Waals surface area contributed by atoms with E-state index in [1.807, 2.05) is 0 Å². The van der Waals surface area contributed by atoms with Crippen molar-refractivity contribution in [2.75, 3.05) is 19.7 Å². The predicted molar refractivity (Wildman–Crippen MR) is 68.8 cm³/mol. The SMILES string of the molecule is O=C(COC(=O)CNC(=O)c1ccc(F)cc1)NCC(F)(F)F. The molecule has 0 fully saturated rings. The average Bonchev–Trinajstić information content (AvgIpc) is 2.48. The van der Waals surface area contributed by atoms with Crippen molar-refractivity contribution < 1.29 is 36.7 Å². The molecule has 0 unspecified atom stereocenters. The first kappa shape index (κ1) is 18.4. The lowest BCUT2D eigenvalue weighted by Crippen LogP contribution is -2.37. The van der Waals surface area contributed by atoms with E-state index >= 15 is 0 Å². The number of carbonyl (C=O) groups is 3. The molecule has 0 bridgehead atoms. The van der Waals surface area contributed by atoms with Gasteiger partial charge in [-0.05, 0) is 24.3 Å². The summed E-state index contributed by atoms with van der Waals surface area (Å²) in [5.74, 6) is -3.35. The second-order valence-electron chi connectivity index (χ2n) is 4.24. The highest BCUT2D eigenvalue weighted by molar-refractivity contribution is 5.96. The topological polar surface area (TPSA) is 84.5 Å². The van der Waals surface area contributed by atoms with Crippen LogP contribution in [0.15, 0.2) is 24.3 Å². The van der Waals surface area contributed by atoms with Crippen molar-refractivity contribution in [3.8, 4) is 0 Å². The van der Waals surface area contributed by atoms with Crippen molar-refractivity contribution in [1.82, 2.24) is 10.6 Å². The molecule has 1 aromatic carbocycles. The molecule has 1 rings (SSSR count). The summed E-state index contributed by atoms with van der Waals surface area (Å²) in [6.45, 7) is -3.03. The van der Waals surface area contributed by atoms with Gasteiger partial charge in [0.05, 0.1) is 0 Å². The van der Waals surface area contributed by atoms with Gasteiger partial charge in [0.1, 0.15) is 18.9 Å². The van der Waals surface area contributed by atoms with Crippen LogP contribution in [-0.2, 0) is 14.3 Å². The molecular weight excluding hydrogens is 324 g/mol. The Morgan fingerprint density at radius 2 is 1.65 bits per heavy atom. The molecule has 10 heteroatoms. The van der Waals surface area contributed by atoms with E-state index < -0.39 is 49.5 Å². The Morgan fingerprint density at radius 3 is 2.22 bits per heavy atom. The molecule has 2 N–H and O–H groups in total. The summed E-state index contributed by atoms with van der Waals surface area (Å²) in [5, 5.41) is 3.66. The van der Waals surface area contributed by atoms with E-state index in [1.54, 1.807) is 0 Å². The van der Waals surface area contributed by atoms with Gasteiger partial charge in [0.2, 0.25) is 0 Å². The van der Waals surface area contributed by atoms with Crippen molar-refractivity contribution in [3.63, 3.8) is 0 Å². The number of ether oxygens (including phenoxy) is 1. The number of halogens is 4. The van der Waals surface area contributed by atoms with Gasteiger partial charge in [-0.3, -0.25) is 14.4 Å². The second-order valence-corrected chi connectivity index (χ2v) is 4.24. The fourth-order valence-electron chi connectivity index (χ4n) is 1.30. The molecule has 1 aromatic rings. The lowest BCUT2D eigenvalue weighted by atomic mass is 10.2. The first-order valence-corrected chi connectivity index (χ1v) is 6.20. The van der Waals surface area contributed by atoms with Crippen molar-refractivity contribution >= 4 is 17.8 Å². The van der Waals surface area contributed by atoms with Crippen molar-refractivity contribution in [2.45, 2.75) is 6.18 Å². The third kappa shape index (κ3) is 7.79. The van der Waals surface area contributed by atoms with Gasteiger partial charge in [-0.2, -0.15) is 13.2 Å². The van der Waals surface area contributed by atoms with Crippen molar-refractivity contribution in [3.05, 3.63) is 35.6 Å². The first-order chi connectivity index (χ1) is 10.7. The highest BCUT2D eigenvalue weighted by Gasteiger charge is 2.27. The van der Waals surface area contributed by atoms with Crippen LogP contribution in [-0.4, -0.2) is 43.7 Å². The predicted octanol–water partition coefficient (Wildman–Crippen LogP) is 0.777. The van der Waals surface area contributed by atoms with Crippen LogP contribution in [0.2, 0.25) is 0 Å². The molecule has 0 saturated heterocycles. The number of alkyl halides is 3. The fourth-order valence-corrected chi connectivity index (χ4v) is 1.30. The van der Waals surface area contributed by atoms with Crippen LogP contribution in [0.4, 0.5) is 17.6 Å². The molecule has 0 saturated carbocycles. The molecule has 0 atom stereocenters. The molecule has 0 aliphatic carbocycles. The quantitative estimate of drug-likeness (QED) is 0.594. The largest absolute Gasteiger partial charge is 0.454 e. The lowest BCUT2D eigenvalue weighted by molar-refractivity contribution is -0.150. The maximum absolute atomic E-state index is 12.7. The maximum atomic E-state index is 12.7. The number of hydrogen-bond donors (Lipinski definition) is 2. The fraction of sp³-hybridized carbons (Fsp3) is 0.308. The molecule has 0 aliphatic rings. The van der Waals surface area contributed by atoms with E-state index in [0.29, 0.717) is 0 Å². The monoisotopic (exact) mass is 336 g/mol. The Labute approximate surface area is 127 Å². The Bertz CT molecular complexity index is 572. The zero-order chi connectivity index (χ0) is 17.5. The number of nitrogens with one attached hydrogen (secondary N) is 2.